The van der Waals surface area contributed by atoms with Crippen LogP contribution in [0.25, 0.3) is 0 Å². The van der Waals surface area contributed by atoms with E-state index in [1.54, 1.807) is 0 Å². The van der Waals surface area contributed by atoms with Gasteiger partial charge < -0.3 is 10.6 Å². The van der Waals surface area contributed by atoms with E-state index >= 15 is 0 Å². The monoisotopic (exact) mass is 229 g/mol. The molecule has 15 heavy (non-hydrogen) atoms. The van der Waals surface area contributed by atoms with Gasteiger partial charge in [-0.15, -0.1) is 0 Å². The average Bonchev–Trinajstić information content (AvgIpc) is 2.17. The minimum Gasteiger partial charge on any atom is -0.393 e. The third-order valence-corrected chi connectivity index (χ3v) is 3.36. The van der Waals surface area contributed by atoms with Crippen molar-refractivity contribution in [2.24, 2.45) is 5.73 Å². The molecule has 0 spiro atoms. The molecule has 0 aromatic rings. The largest absolute Gasteiger partial charge is 0.393 e. The maximum absolute atomic E-state index is 5.48. The zero-order valence-corrected chi connectivity index (χ0v) is 10.7. The fraction of sp³-hybridized carbons (Fsp3) is 0.909. The van der Waals surface area contributed by atoms with Crippen LogP contribution >= 0.6 is 12.2 Å². The van der Waals surface area contributed by atoms with Crippen molar-refractivity contribution in [3.63, 3.8) is 0 Å². The Morgan fingerprint density at radius 3 is 2.73 bits per heavy atom. The van der Waals surface area contributed by atoms with Crippen LogP contribution in [-0.2, 0) is 0 Å². The quantitative estimate of drug-likeness (QED) is 0.715. The first kappa shape index (κ1) is 12.9. The van der Waals surface area contributed by atoms with E-state index in [4.69, 9.17) is 18.0 Å². The van der Waals surface area contributed by atoms with E-state index < -0.39 is 0 Å². The Bertz CT molecular complexity index is 208. The van der Waals surface area contributed by atoms with Crippen molar-refractivity contribution >= 4 is 17.2 Å². The van der Waals surface area contributed by atoms with Crippen LogP contribution in [0.1, 0.15) is 26.7 Å². The Morgan fingerprint density at radius 1 is 1.47 bits per heavy atom. The van der Waals surface area contributed by atoms with Crippen LogP contribution in [0, 0.1) is 0 Å². The minimum absolute atomic E-state index is 0.648. The molecule has 0 saturated carbocycles. The van der Waals surface area contributed by atoms with Gasteiger partial charge in [0.15, 0.2) is 0 Å². The molecule has 0 aliphatic carbocycles. The number of thiocarbonyl (C=S) groups is 1. The van der Waals surface area contributed by atoms with E-state index in [0.29, 0.717) is 11.0 Å². The number of nitrogens with two attached hydrogens (primary N) is 1. The third kappa shape index (κ3) is 4.45. The molecule has 1 atom stereocenters. The lowest BCUT2D eigenvalue weighted by Gasteiger charge is -2.39. The molecule has 1 saturated heterocycles. The molecule has 0 amide bonds. The fourth-order valence-electron chi connectivity index (χ4n) is 2.22. The summed E-state index contributed by atoms with van der Waals surface area (Å²) in [6.07, 6.45) is 1.99. The molecule has 1 heterocycles. The van der Waals surface area contributed by atoms with Gasteiger partial charge in [0.25, 0.3) is 0 Å². The van der Waals surface area contributed by atoms with Gasteiger partial charge in [-0.1, -0.05) is 19.1 Å². The second-order valence-corrected chi connectivity index (χ2v) is 4.87. The van der Waals surface area contributed by atoms with Crippen molar-refractivity contribution in [3.8, 4) is 0 Å². The molecular formula is C11H23N3S. The summed E-state index contributed by atoms with van der Waals surface area (Å²) >= 11 is 4.87. The van der Waals surface area contributed by atoms with E-state index in [-0.39, 0.29) is 0 Å². The van der Waals surface area contributed by atoms with Crippen LogP contribution in [0.2, 0.25) is 0 Å². The zero-order chi connectivity index (χ0) is 11.3. The van der Waals surface area contributed by atoms with Crippen LogP contribution in [0.15, 0.2) is 0 Å². The lowest BCUT2D eigenvalue weighted by atomic mass is 10.2. The van der Waals surface area contributed by atoms with Crippen LogP contribution in [0.3, 0.4) is 0 Å². The van der Waals surface area contributed by atoms with Gasteiger partial charge in [0.1, 0.15) is 0 Å². The second kappa shape index (κ2) is 6.40. The van der Waals surface area contributed by atoms with Gasteiger partial charge >= 0.3 is 0 Å². The van der Waals surface area contributed by atoms with Crippen molar-refractivity contribution in [1.82, 2.24) is 9.80 Å². The van der Waals surface area contributed by atoms with E-state index in [0.717, 1.165) is 19.4 Å². The Morgan fingerprint density at radius 2 is 2.20 bits per heavy atom. The van der Waals surface area contributed by atoms with Gasteiger partial charge in [0.2, 0.25) is 0 Å². The summed E-state index contributed by atoms with van der Waals surface area (Å²) in [6.45, 7) is 10.4. The van der Waals surface area contributed by atoms with Crippen molar-refractivity contribution in [2.75, 3.05) is 32.7 Å². The summed E-state index contributed by atoms with van der Waals surface area (Å²) in [6, 6.07) is 0.688. The standard InChI is InChI=1S/C11H23N3S/c1-3-14-8-7-13(9-10(14)2)6-4-5-11(12)15/h10H,3-9H2,1-2H3,(H2,12,15). The van der Waals surface area contributed by atoms with Crippen molar-refractivity contribution in [1.29, 1.82) is 0 Å². The SMILES string of the molecule is CCN1CCN(CCCC(N)=S)CC1C. The third-order valence-electron chi connectivity index (χ3n) is 3.15. The molecule has 0 bridgehead atoms. The fourth-order valence-corrected chi connectivity index (χ4v) is 2.36. The summed E-state index contributed by atoms with van der Waals surface area (Å²) in [7, 11) is 0. The van der Waals surface area contributed by atoms with Gasteiger partial charge in [0.05, 0.1) is 4.99 Å². The van der Waals surface area contributed by atoms with Gasteiger partial charge in [-0.05, 0) is 32.9 Å². The summed E-state index contributed by atoms with van der Waals surface area (Å²) < 4.78 is 0. The normalized spacial score (nSPS) is 24.3. The minimum atomic E-state index is 0.648. The predicted octanol–water partition coefficient (Wildman–Crippen LogP) is 1.08. The average molecular weight is 229 g/mol. The number of rotatable bonds is 5. The molecule has 0 aromatic carbocycles. The second-order valence-electron chi connectivity index (χ2n) is 4.35. The van der Waals surface area contributed by atoms with E-state index in [1.165, 1.54) is 26.2 Å². The summed E-state index contributed by atoms with van der Waals surface area (Å²) in [4.78, 5) is 5.70. The van der Waals surface area contributed by atoms with Crippen molar-refractivity contribution in [3.05, 3.63) is 0 Å². The van der Waals surface area contributed by atoms with Crippen molar-refractivity contribution < 1.29 is 0 Å². The molecule has 88 valence electrons. The highest BCUT2D eigenvalue weighted by atomic mass is 32.1. The predicted molar refractivity (Wildman–Crippen MR) is 69.2 cm³/mol. The van der Waals surface area contributed by atoms with Gasteiger partial charge in [-0.3, -0.25) is 4.90 Å². The Labute approximate surface area is 98.6 Å². The number of nitrogens with zero attached hydrogens (tertiary/aromatic N) is 2. The van der Waals surface area contributed by atoms with Crippen molar-refractivity contribution in [2.45, 2.75) is 32.7 Å². The maximum atomic E-state index is 5.48. The maximum Gasteiger partial charge on any atom is 0.0727 e. The zero-order valence-electron chi connectivity index (χ0n) is 9.91. The van der Waals surface area contributed by atoms with Crippen LogP contribution in [0.4, 0.5) is 0 Å². The van der Waals surface area contributed by atoms with Gasteiger partial charge in [-0.2, -0.15) is 0 Å². The lowest BCUT2D eigenvalue weighted by Crippen LogP contribution is -2.51. The topological polar surface area (TPSA) is 32.5 Å². The summed E-state index contributed by atoms with van der Waals surface area (Å²) in [5.41, 5.74) is 5.48. The number of likely N-dealkylation sites (N-methyl/N-ethyl adjacent to an activating group) is 1. The van der Waals surface area contributed by atoms with E-state index in [1.807, 2.05) is 0 Å². The molecule has 1 aliphatic rings. The molecule has 3 nitrogen and oxygen atoms in total. The summed E-state index contributed by atoms with van der Waals surface area (Å²) in [5, 5.41) is 0. The molecule has 4 heteroatoms. The first-order valence-corrected chi connectivity index (χ1v) is 6.29. The highest BCUT2D eigenvalue weighted by molar-refractivity contribution is 7.80. The first-order valence-electron chi connectivity index (χ1n) is 5.88. The molecule has 1 unspecified atom stereocenters. The Kier molecular flexibility index (Phi) is 5.50. The smallest absolute Gasteiger partial charge is 0.0727 e. The van der Waals surface area contributed by atoms with Gasteiger partial charge in [0, 0.05) is 25.7 Å². The molecule has 0 aromatic heterocycles. The van der Waals surface area contributed by atoms with Gasteiger partial charge in [-0.25, -0.2) is 0 Å². The number of hydrogen-bond acceptors (Lipinski definition) is 3. The Balaban J connectivity index is 2.20. The molecular weight excluding hydrogens is 206 g/mol. The molecule has 1 fully saturated rings. The summed E-state index contributed by atoms with van der Waals surface area (Å²) in [5.74, 6) is 0. The molecule has 0 radical (unpaired) electrons. The van der Waals surface area contributed by atoms with E-state index in [9.17, 15) is 0 Å². The highest BCUT2D eigenvalue weighted by Crippen LogP contribution is 2.09. The van der Waals surface area contributed by atoms with Crippen LogP contribution in [-0.4, -0.2) is 53.6 Å². The van der Waals surface area contributed by atoms with Crippen LogP contribution < -0.4 is 5.73 Å². The number of hydrogen-bond donors (Lipinski definition) is 1. The lowest BCUT2D eigenvalue weighted by molar-refractivity contribution is 0.0878. The Hall–Kier alpha value is -0.190. The van der Waals surface area contributed by atoms with E-state index in [2.05, 4.69) is 23.6 Å². The van der Waals surface area contributed by atoms with Crippen LogP contribution in [0.5, 0.6) is 0 Å². The highest BCUT2D eigenvalue weighted by Gasteiger charge is 2.21. The molecule has 1 rings (SSSR count). The molecule has 2 N–H and O–H groups in total. The molecule has 1 aliphatic heterocycles. The first-order chi connectivity index (χ1) is 7.13. The number of piperazine rings is 1.